The minimum absolute atomic E-state index is 0.0257. The predicted octanol–water partition coefficient (Wildman–Crippen LogP) is 3.18. The van der Waals surface area contributed by atoms with Gasteiger partial charge in [-0.3, -0.25) is 9.59 Å². The highest BCUT2D eigenvalue weighted by Crippen LogP contribution is 2.32. The maximum Gasteiger partial charge on any atom is 0.256 e. The number of anilines is 1. The lowest BCUT2D eigenvalue weighted by atomic mass is 10.0. The Labute approximate surface area is 118 Å². The molecule has 0 spiro atoms. The van der Waals surface area contributed by atoms with E-state index in [1.807, 2.05) is 0 Å². The van der Waals surface area contributed by atoms with Crippen molar-refractivity contribution in [3.63, 3.8) is 0 Å². The van der Waals surface area contributed by atoms with Crippen LogP contribution in [0.4, 0.5) is 14.5 Å². The average molecular weight is 285 g/mol. The van der Waals surface area contributed by atoms with E-state index in [2.05, 4.69) is 5.32 Å². The second kappa shape index (κ2) is 4.94. The van der Waals surface area contributed by atoms with Crippen LogP contribution in [0.2, 0.25) is 0 Å². The first kappa shape index (κ1) is 13.2. The molecule has 3 rings (SSSR count). The molecule has 104 valence electrons. The first-order valence-electron chi connectivity index (χ1n) is 6.18. The maximum absolute atomic E-state index is 13.6. The van der Waals surface area contributed by atoms with Gasteiger partial charge in [0.2, 0.25) is 0 Å². The van der Waals surface area contributed by atoms with Gasteiger partial charge in [-0.25, -0.2) is 8.78 Å². The number of benzene rings is 2. The maximum atomic E-state index is 13.6. The summed E-state index contributed by atoms with van der Waals surface area (Å²) in [5, 5.41) is 2.53. The molecule has 1 amide bonds. The second-order valence-electron chi connectivity index (χ2n) is 4.55. The number of hydrogen-bond acceptors (Lipinski definition) is 2. The number of halogens is 2. The summed E-state index contributed by atoms with van der Waals surface area (Å²) in [6.45, 7) is 0. The minimum Gasteiger partial charge on any atom is -0.321 e. The molecular weight excluding hydrogens is 276 g/mol. The van der Waals surface area contributed by atoms with E-state index in [-0.39, 0.29) is 11.1 Å². The number of carbonyl (C=O) groups is 2. The highest BCUT2D eigenvalue weighted by Gasteiger charge is 2.25. The molecule has 0 atom stereocenters. The zero-order chi connectivity index (χ0) is 15.0. The lowest BCUT2D eigenvalue weighted by molar-refractivity contribution is -0.110. The van der Waals surface area contributed by atoms with Crippen molar-refractivity contribution in [1.29, 1.82) is 0 Å². The first-order chi connectivity index (χ1) is 10.1. The lowest BCUT2D eigenvalue weighted by Crippen LogP contribution is -2.06. The number of fused-ring (bicyclic) bond motifs is 1. The van der Waals surface area contributed by atoms with Crippen LogP contribution in [0.5, 0.6) is 0 Å². The van der Waals surface area contributed by atoms with E-state index >= 15 is 0 Å². The third kappa shape index (κ3) is 2.33. The Morgan fingerprint density at radius 2 is 1.86 bits per heavy atom. The molecule has 0 unspecified atom stereocenters. The fourth-order valence-electron chi connectivity index (χ4n) is 2.17. The Morgan fingerprint density at radius 1 is 1.10 bits per heavy atom. The molecule has 0 saturated carbocycles. The third-order valence-electron chi connectivity index (χ3n) is 3.18. The molecule has 0 saturated heterocycles. The highest BCUT2D eigenvalue weighted by atomic mass is 19.1. The number of rotatable bonds is 2. The molecule has 0 bridgehead atoms. The van der Waals surface area contributed by atoms with Gasteiger partial charge in [0.1, 0.15) is 11.6 Å². The Morgan fingerprint density at radius 3 is 2.62 bits per heavy atom. The van der Waals surface area contributed by atoms with Crippen LogP contribution in [0.1, 0.15) is 15.9 Å². The van der Waals surface area contributed by atoms with Gasteiger partial charge < -0.3 is 5.32 Å². The van der Waals surface area contributed by atoms with E-state index in [0.717, 1.165) is 18.2 Å². The van der Waals surface area contributed by atoms with Crippen LogP contribution in [0, 0.1) is 11.6 Å². The molecular formula is C16H9F2NO2. The number of hydrogen-bond donors (Lipinski definition) is 1. The summed E-state index contributed by atoms with van der Waals surface area (Å²) in [5.41, 5.74) is 0.610. The van der Waals surface area contributed by atoms with Gasteiger partial charge in [-0.05, 0) is 36.4 Å². The quantitative estimate of drug-likeness (QED) is 0.680. The Bertz CT molecular complexity index is 797. The summed E-state index contributed by atoms with van der Waals surface area (Å²) in [4.78, 5) is 23.9. The molecule has 1 heterocycles. The van der Waals surface area contributed by atoms with E-state index in [1.165, 1.54) is 30.3 Å². The molecule has 1 aliphatic heterocycles. The van der Waals surface area contributed by atoms with Crippen molar-refractivity contribution >= 4 is 23.0 Å². The van der Waals surface area contributed by atoms with Crippen LogP contribution in [-0.2, 0) is 4.79 Å². The van der Waals surface area contributed by atoms with Crippen molar-refractivity contribution in [3.05, 3.63) is 71.3 Å². The van der Waals surface area contributed by atoms with E-state index in [9.17, 15) is 18.4 Å². The van der Waals surface area contributed by atoms with Gasteiger partial charge in [0.15, 0.2) is 5.78 Å². The van der Waals surface area contributed by atoms with Crippen LogP contribution in [-0.4, -0.2) is 11.7 Å². The summed E-state index contributed by atoms with van der Waals surface area (Å²) in [5.74, 6) is -2.35. The summed E-state index contributed by atoms with van der Waals surface area (Å²) in [6, 6.07) is 9.26. The summed E-state index contributed by atoms with van der Waals surface area (Å²) in [6.07, 6.45) is 1.03. The van der Waals surface area contributed by atoms with Crippen molar-refractivity contribution < 1.29 is 18.4 Å². The molecule has 1 aliphatic rings. The van der Waals surface area contributed by atoms with Crippen LogP contribution >= 0.6 is 0 Å². The van der Waals surface area contributed by atoms with E-state index < -0.39 is 23.3 Å². The lowest BCUT2D eigenvalue weighted by Gasteiger charge is -2.00. The van der Waals surface area contributed by atoms with Crippen molar-refractivity contribution in [3.8, 4) is 0 Å². The Hall–Kier alpha value is -2.82. The number of carbonyl (C=O) groups excluding carboxylic acids is 2. The monoisotopic (exact) mass is 285 g/mol. The molecule has 3 nitrogen and oxygen atoms in total. The van der Waals surface area contributed by atoms with E-state index in [4.69, 9.17) is 0 Å². The van der Waals surface area contributed by atoms with Gasteiger partial charge in [0, 0.05) is 11.3 Å². The largest absolute Gasteiger partial charge is 0.321 e. The fraction of sp³-hybridized carbons (Fsp3) is 0. The zero-order valence-electron chi connectivity index (χ0n) is 10.7. The van der Waals surface area contributed by atoms with Crippen LogP contribution in [0.15, 0.2) is 48.5 Å². The van der Waals surface area contributed by atoms with Gasteiger partial charge in [-0.15, -0.1) is 0 Å². The van der Waals surface area contributed by atoms with E-state index in [1.54, 1.807) is 0 Å². The molecule has 1 N–H and O–H groups in total. The number of amides is 1. The predicted molar refractivity (Wildman–Crippen MR) is 73.7 cm³/mol. The summed E-state index contributed by atoms with van der Waals surface area (Å²) in [7, 11) is 0. The van der Waals surface area contributed by atoms with Gasteiger partial charge in [-0.1, -0.05) is 12.1 Å². The average Bonchev–Trinajstić information content (AvgIpc) is 2.75. The standard InChI is InChI=1S/C16H9F2NO2/c17-9-5-6-14-11(7-9)12(16(21)19-14)8-15(20)10-3-1-2-4-13(10)18/h1-8H,(H,19,21)/b12-8-. The number of ketones is 1. The number of allylic oxidation sites excluding steroid dienone is 1. The normalized spacial score (nSPS) is 15.0. The minimum atomic E-state index is -0.669. The molecule has 0 radical (unpaired) electrons. The van der Waals surface area contributed by atoms with Crippen LogP contribution < -0.4 is 5.32 Å². The fourth-order valence-corrected chi connectivity index (χ4v) is 2.17. The van der Waals surface area contributed by atoms with Gasteiger partial charge in [0.05, 0.1) is 11.1 Å². The highest BCUT2D eigenvalue weighted by molar-refractivity contribution is 6.35. The Balaban J connectivity index is 2.05. The van der Waals surface area contributed by atoms with Crippen molar-refractivity contribution in [2.45, 2.75) is 0 Å². The van der Waals surface area contributed by atoms with Crippen molar-refractivity contribution in [2.75, 3.05) is 5.32 Å². The number of nitrogens with one attached hydrogen (secondary N) is 1. The molecule has 21 heavy (non-hydrogen) atoms. The molecule has 0 aromatic heterocycles. The summed E-state index contributed by atoms with van der Waals surface area (Å²) < 4.78 is 26.8. The Kier molecular flexibility index (Phi) is 3.10. The molecule has 2 aromatic rings. The van der Waals surface area contributed by atoms with Gasteiger partial charge in [-0.2, -0.15) is 0 Å². The third-order valence-corrected chi connectivity index (χ3v) is 3.18. The van der Waals surface area contributed by atoms with Crippen molar-refractivity contribution in [2.24, 2.45) is 0 Å². The van der Waals surface area contributed by atoms with Crippen LogP contribution in [0.3, 0.4) is 0 Å². The van der Waals surface area contributed by atoms with Crippen molar-refractivity contribution in [1.82, 2.24) is 0 Å². The molecule has 0 aliphatic carbocycles. The van der Waals surface area contributed by atoms with Crippen LogP contribution in [0.25, 0.3) is 5.57 Å². The smallest absolute Gasteiger partial charge is 0.256 e. The van der Waals surface area contributed by atoms with Gasteiger partial charge in [0.25, 0.3) is 5.91 Å². The van der Waals surface area contributed by atoms with E-state index in [0.29, 0.717) is 11.3 Å². The zero-order valence-corrected chi connectivity index (χ0v) is 10.7. The summed E-state index contributed by atoms with van der Waals surface area (Å²) >= 11 is 0. The molecule has 2 aromatic carbocycles. The first-order valence-corrected chi connectivity index (χ1v) is 6.18. The second-order valence-corrected chi connectivity index (χ2v) is 4.55. The molecule has 5 heteroatoms. The topological polar surface area (TPSA) is 46.2 Å². The molecule has 0 fully saturated rings. The SMILES string of the molecule is O=C1Nc2ccc(F)cc2/C1=C/C(=O)c1ccccc1F. The van der Waals surface area contributed by atoms with Gasteiger partial charge >= 0.3 is 0 Å².